The molecule has 2 aromatic carbocycles. The molecule has 1 nitrogen and oxygen atoms in total. The summed E-state index contributed by atoms with van der Waals surface area (Å²) in [6.07, 6.45) is 14.7. The molecular weight excluding hydrogens is 524 g/mol. The minimum Gasteiger partial charge on any atom is -0.406 e. The summed E-state index contributed by atoms with van der Waals surface area (Å²) < 4.78 is 56.7. The molecule has 0 radical (unpaired) electrons. The normalized spacial score (nSPS) is 29.3. The van der Waals surface area contributed by atoms with Crippen molar-refractivity contribution in [3.63, 3.8) is 0 Å². The van der Waals surface area contributed by atoms with Crippen molar-refractivity contribution in [1.82, 2.24) is 0 Å². The number of alkyl halides is 3. The van der Waals surface area contributed by atoms with Gasteiger partial charge in [0.05, 0.1) is 0 Å². The minimum absolute atomic E-state index is 0.0168. The number of benzene rings is 2. The van der Waals surface area contributed by atoms with Crippen LogP contribution < -0.4 is 4.74 Å². The third-order valence-electron chi connectivity index (χ3n) is 10.8. The second-order valence-corrected chi connectivity index (χ2v) is 13.3. The van der Waals surface area contributed by atoms with Crippen LogP contribution in [0.25, 0.3) is 0 Å². The third-order valence-corrected chi connectivity index (χ3v) is 10.8. The van der Waals surface area contributed by atoms with Gasteiger partial charge in [0.2, 0.25) is 0 Å². The molecule has 0 heterocycles. The first-order valence-corrected chi connectivity index (χ1v) is 16.4. The van der Waals surface area contributed by atoms with E-state index >= 15 is 4.39 Å². The molecule has 0 unspecified atom stereocenters. The molecule has 3 fully saturated rings. The SMILES string of the molecule is CCCCCC1CCC(c2ccc(C3CCC(C4CCC(c5ccc(OC(F)(F)F)cc5)CC4)CC3)c(F)c2)CC1. The van der Waals surface area contributed by atoms with Crippen molar-refractivity contribution in [3.8, 4) is 5.75 Å². The van der Waals surface area contributed by atoms with E-state index in [0.717, 1.165) is 42.7 Å². The molecule has 0 aromatic heterocycles. The molecule has 5 rings (SSSR count). The standard InChI is InChI=1S/C36H48F4O/c1-2-3-4-5-25-6-8-30(9-7-25)32-20-23-34(35(37)24-32)31-16-14-28(15-17-31)26-10-12-27(13-11-26)29-18-21-33(22-19-29)41-36(38,39)40/h18-28,30-31H,2-17H2,1H3. The molecule has 3 aliphatic carbocycles. The van der Waals surface area contributed by atoms with E-state index in [-0.39, 0.29) is 11.6 Å². The highest BCUT2D eigenvalue weighted by atomic mass is 19.4. The molecule has 0 atom stereocenters. The van der Waals surface area contributed by atoms with Crippen LogP contribution in [0, 0.1) is 23.6 Å². The second kappa shape index (κ2) is 14.0. The summed E-state index contributed by atoms with van der Waals surface area (Å²) in [4.78, 5) is 0. The van der Waals surface area contributed by atoms with E-state index in [1.165, 1.54) is 94.7 Å². The van der Waals surface area contributed by atoms with Gasteiger partial charge in [0.1, 0.15) is 11.6 Å². The van der Waals surface area contributed by atoms with Gasteiger partial charge < -0.3 is 4.74 Å². The van der Waals surface area contributed by atoms with Crippen molar-refractivity contribution >= 4 is 0 Å². The Hall–Kier alpha value is -2.04. The van der Waals surface area contributed by atoms with Gasteiger partial charge in [-0.25, -0.2) is 4.39 Å². The van der Waals surface area contributed by atoms with E-state index in [1.54, 1.807) is 12.1 Å². The highest BCUT2D eigenvalue weighted by Gasteiger charge is 2.34. The molecule has 0 aliphatic heterocycles. The first kappa shape index (κ1) is 30.4. The van der Waals surface area contributed by atoms with E-state index in [4.69, 9.17) is 0 Å². The molecule has 0 saturated heterocycles. The smallest absolute Gasteiger partial charge is 0.406 e. The summed E-state index contributed by atoms with van der Waals surface area (Å²) in [5.74, 6) is 3.43. The lowest BCUT2D eigenvalue weighted by Crippen LogP contribution is -2.25. The Morgan fingerprint density at radius 1 is 0.659 bits per heavy atom. The van der Waals surface area contributed by atoms with Crippen molar-refractivity contribution < 1.29 is 22.3 Å². The molecule has 0 bridgehead atoms. The second-order valence-electron chi connectivity index (χ2n) is 13.3. The molecule has 0 spiro atoms. The summed E-state index contributed by atoms with van der Waals surface area (Å²) in [6, 6.07) is 12.7. The zero-order valence-corrected chi connectivity index (χ0v) is 24.7. The number of unbranched alkanes of at least 4 members (excludes halogenated alkanes) is 2. The number of rotatable bonds is 9. The van der Waals surface area contributed by atoms with Crippen LogP contribution in [-0.4, -0.2) is 6.36 Å². The van der Waals surface area contributed by atoms with E-state index in [0.29, 0.717) is 29.6 Å². The summed E-state index contributed by atoms with van der Waals surface area (Å²) >= 11 is 0. The zero-order chi connectivity index (χ0) is 28.8. The summed E-state index contributed by atoms with van der Waals surface area (Å²) in [5, 5.41) is 0. The number of hydrogen-bond acceptors (Lipinski definition) is 1. The molecule has 226 valence electrons. The van der Waals surface area contributed by atoms with E-state index in [1.807, 2.05) is 6.07 Å². The molecule has 3 aliphatic rings. The fourth-order valence-electron chi connectivity index (χ4n) is 8.36. The van der Waals surface area contributed by atoms with Gasteiger partial charge in [-0.15, -0.1) is 13.2 Å². The van der Waals surface area contributed by atoms with E-state index in [9.17, 15) is 13.2 Å². The number of hydrogen-bond donors (Lipinski definition) is 0. The monoisotopic (exact) mass is 572 g/mol. The average molecular weight is 573 g/mol. The van der Waals surface area contributed by atoms with Gasteiger partial charge in [-0.05, 0) is 147 Å². The topological polar surface area (TPSA) is 9.23 Å². The Kier molecular flexibility index (Phi) is 10.4. The first-order chi connectivity index (χ1) is 19.8. The molecule has 0 amide bonds. The first-order valence-electron chi connectivity index (χ1n) is 16.4. The molecular formula is C36H48F4O. The van der Waals surface area contributed by atoms with Crippen LogP contribution in [0.1, 0.15) is 144 Å². The van der Waals surface area contributed by atoms with Crippen molar-refractivity contribution in [2.45, 2.75) is 134 Å². The Morgan fingerprint density at radius 3 is 1.76 bits per heavy atom. The lowest BCUT2D eigenvalue weighted by Gasteiger charge is -2.38. The molecule has 41 heavy (non-hydrogen) atoms. The molecule has 5 heteroatoms. The zero-order valence-electron chi connectivity index (χ0n) is 24.7. The predicted molar refractivity (Wildman–Crippen MR) is 158 cm³/mol. The molecule has 2 aromatic rings. The summed E-state index contributed by atoms with van der Waals surface area (Å²) in [7, 11) is 0. The van der Waals surface area contributed by atoms with Crippen LogP contribution in [0.15, 0.2) is 42.5 Å². The Bertz CT molecular complexity index is 1070. The van der Waals surface area contributed by atoms with Gasteiger partial charge in [-0.2, -0.15) is 0 Å². The third kappa shape index (κ3) is 8.29. The Labute approximate surface area is 244 Å². The van der Waals surface area contributed by atoms with Crippen molar-refractivity contribution in [1.29, 1.82) is 0 Å². The van der Waals surface area contributed by atoms with Gasteiger partial charge in [-0.1, -0.05) is 56.9 Å². The highest BCUT2D eigenvalue weighted by Crippen LogP contribution is 2.47. The van der Waals surface area contributed by atoms with Crippen molar-refractivity contribution in [2.75, 3.05) is 0 Å². The Morgan fingerprint density at radius 2 is 1.20 bits per heavy atom. The highest BCUT2D eigenvalue weighted by molar-refractivity contribution is 5.31. The van der Waals surface area contributed by atoms with Crippen LogP contribution in [0.2, 0.25) is 0 Å². The van der Waals surface area contributed by atoms with Crippen molar-refractivity contribution in [2.24, 2.45) is 17.8 Å². The van der Waals surface area contributed by atoms with Gasteiger partial charge >= 0.3 is 6.36 Å². The lowest BCUT2D eigenvalue weighted by atomic mass is 9.67. The van der Waals surface area contributed by atoms with Crippen LogP contribution >= 0.6 is 0 Å². The summed E-state index contributed by atoms with van der Waals surface area (Å²) in [6.45, 7) is 2.27. The maximum absolute atomic E-state index is 15.4. The fraction of sp³-hybridized carbons (Fsp3) is 0.667. The van der Waals surface area contributed by atoms with Gasteiger partial charge in [0, 0.05) is 0 Å². The number of halogens is 4. The van der Waals surface area contributed by atoms with Crippen LogP contribution in [-0.2, 0) is 0 Å². The maximum atomic E-state index is 15.4. The fourth-order valence-corrected chi connectivity index (χ4v) is 8.36. The molecule has 0 N–H and O–H groups in total. The predicted octanol–water partition coefficient (Wildman–Crippen LogP) is 11.8. The van der Waals surface area contributed by atoms with Crippen LogP contribution in [0.4, 0.5) is 17.6 Å². The van der Waals surface area contributed by atoms with Crippen LogP contribution in [0.5, 0.6) is 5.75 Å². The lowest BCUT2D eigenvalue weighted by molar-refractivity contribution is -0.274. The average Bonchev–Trinajstić information content (AvgIpc) is 2.97. The summed E-state index contributed by atoms with van der Waals surface area (Å²) in [5.41, 5.74) is 3.26. The van der Waals surface area contributed by atoms with Gasteiger partial charge in [0.15, 0.2) is 0 Å². The van der Waals surface area contributed by atoms with Gasteiger partial charge in [0.25, 0.3) is 0 Å². The van der Waals surface area contributed by atoms with E-state index in [2.05, 4.69) is 23.8 Å². The molecule has 3 saturated carbocycles. The van der Waals surface area contributed by atoms with E-state index < -0.39 is 6.36 Å². The van der Waals surface area contributed by atoms with Crippen LogP contribution in [0.3, 0.4) is 0 Å². The van der Waals surface area contributed by atoms with Gasteiger partial charge in [-0.3, -0.25) is 0 Å². The number of ether oxygens (including phenoxy) is 1. The minimum atomic E-state index is -4.65. The maximum Gasteiger partial charge on any atom is 0.573 e. The Balaban J connectivity index is 1.06. The van der Waals surface area contributed by atoms with Crippen molar-refractivity contribution in [3.05, 3.63) is 65.0 Å². The largest absolute Gasteiger partial charge is 0.573 e. The quantitative estimate of drug-likeness (QED) is 0.214.